The molecule has 3 aromatic rings. The topological polar surface area (TPSA) is 95.7 Å². The number of hydrogen-bond acceptors (Lipinski definition) is 6. The molecule has 7 nitrogen and oxygen atoms in total. The highest BCUT2D eigenvalue weighted by Crippen LogP contribution is 2.19. The molecule has 0 radical (unpaired) electrons. The largest absolute Gasteiger partial charge is 0.457 e. The number of nitrogens with zero attached hydrogens (tertiary/aromatic N) is 1. The zero-order valence-corrected chi connectivity index (χ0v) is 14.6. The molecule has 3 rings (SSSR count). The van der Waals surface area contributed by atoms with Crippen molar-refractivity contribution < 1.29 is 24.0 Å². The van der Waals surface area contributed by atoms with E-state index in [0.29, 0.717) is 16.9 Å². The van der Waals surface area contributed by atoms with Crippen LogP contribution in [-0.4, -0.2) is 16.9 Å². The van der Waals surface area contributed by atoms with Gasteiger partial charge in [-0.1, -0.05) is 42.5 Å². The Bertz CT molecular complexity index is 999. The maximum Gasteiger partial charge on any atom is 0.345 e. The molecule has 0 fully saturated rings. The summed E-state index contributed by atoms with van der Waals surface area (Å²) in [5.74, 6) is -0.857. The van der Waals surface area contributed by atoms with E-state index < -0.39 is 16.9 Å². The average Bonchev–Trinajstić information content (AvgIpc) is 2.73. The van der Waals surface area contributed by atoms with Gasteiger partial charge in [0.25, 0.3) is 5.69 Å². The first-order chi connectivity index (χ1) is 13.5. The van der Waals surface area contributed by atoms with Crippen LogP contribution < -0.4 is 4.74 Å². The summed E-state index contributed by atoms with van der Waals surface area (Å²) in [4.78, 5) is 34.6. The molecule has 0 heterocycles. The van der Waals surface area contributed by atoms with Crippen molar-refractivity contribution in [1.82, 2.24) is 0 Å². The predicted molar refractivity (Wildman–Crippen MR) is 100 cm³/mol. The lowest BCUT2D eigenvalue weighted by Gasteiger charge is -2.07. The van der Waals surface area contributed by atoms with Gasteiger partial charge < -0.3 is 9.47 Å². The molecule has 0 aliphatic rings. The van der Waals surface area contributed by atoms with Gasteiger partial charge in [0.05, 0.1) is 10.5 Å². The van der Waals surface area contributed by atoms with Crippen LogP contribution >= 0.6 is 0 Å². The van der Waals surface area contributed by atoms with E-state index in [1.165, 1.54) is 24.3 Å². The molecular formula is C21H15NO6. The maximum atomic E-state index is 12.1. The number of esters is 2. The summed E-state index contributed by atoms with van der Waals surface area (Å²) in [6.45, 7) is -0.0844. The lowest BCUT2D eigenvalue weighted by molar-refractivity contribution is -0.385. The Morgan fingerprint density at radius 3 is 2.14 bits per heavy atom. The van der Waals surface area contributed by atoms with Crippen molar-refractivity contribution >= 4 is 17.6 Å². The Kier molecular flexibility index (Phi) is 5.76. The number of hydrogen-bond donors (Lipinski definition) is 0. The summed E-state index contributed by atoms with van der Waals surface area (Å²) < 4.78 is 10.4. The fourth-order valence-electron chi connectivity index (χ4n) is 2.42. The van der Waals surface area contributed by atoms with E-state index >= 15 is 0 Å². The van der Waals surface area contributed by atoms with Crippen molar-refractivity contribution in [3.8, 4) is 5.75 Å². The van der Waals surface area contributed by atoms with Gasteiger partial charge in [0.2, 0.25) is 0 Å². The van der Waals surface area contributed by atoms with Crippen LogP contribution in [0.5, 0.6) is 5.75 Å². The molecule has 0 aromatic heterocycles. The highest BCUT2D eigenvalue weighted by molar-refractivity contribution is 5.94. The Labute approximate surface area is 160 Å². The van der Waals surface area contributed by atoms with Crippen LogP contribution in [0.3, 0.4) is 0 Å². The van der Waals surface area contributed by atoms with Crippen molar-refractivity contribution in [1.29, 1.82) is 0 Å². The van der Waals surface area contributed by atoms with Gasteiger partial charge >= 0.3 is 11.9 Å². The quantitative estimate of drug-likeness (QED) is 0.277. The summed E-state index contributed by atoms with van der Waals surface area (Å²) in [5.41, 5.74) is 0.544. The lowest BCUT2D eigenvalue weighted by atomic mass is 10.1. The molecule has 7 heteroatoms. The first-order valence-corrected chi connectivity index (χ1v) is 8.31. The third kappa shape index (κ3) is 4.59. The van der Waals surface area contributed by atoms with E-state index in [0.717, 1.165) is 0 Å². The van der Waals surface area contributed by atoms with Crippen LogP contribution in [0.1, 0.15) is 26.3 Å². The molecule has 0 N–H and O–H groups in total. The van der Waals surface area contributed by atoms with Gasteiger partial charge in [-0.2, -0.15) is 0 Å². The monoisotopic (exact) mass is 377 g/mol. The minimum absolute atomic E-state index is 0.0844. The number of nitro benzene ring substituents is 1. The second-order valence-corrected chi connectivity index (χ2v) is 5.75. The highest BCUT2D eigenvalue weighted by atomic mass is 16.6. The van der Waals surface area contributed by atoms with E-state index in [9.17, 15) is 19.7 Å². The third-order valence-electron chi connectivity index (χ3n) is 3.83. The standard InChI is InChI=1S/C21H15NO6/c23-20(28-17-6-2-1-3-7-17)16-12-10-15(11-13-16)14-27-21(24)18-8-4-5-9-19(18)22(25)26/h1-13H,14H2. The Hall–Kier alpha value is -4.00. The second kappa shape index (κ2) is 8.59. The highest BCUT2D eigenvalue weighted by Gasteiger charge is 2.20. The summed E-state index contributed by atoms with van der Waals surface area (Å²) in [6.07, 6.45) is 0. The molecule has 0 atom stereocenters. The molecule has 0 saturated heterocycles. The number of carbonyl (C=O) groups excluding carboxylic acids is 2. The molecule has 0 amide bonds. The van der Waals surface area contributed by atoms with Crippen LogP contribution in [0, 0.1) is 10.1 Å². The van der Waals surface area contributed by atoms with E-state index in [1.54, 1.807) is 48.5 Å². The summed E-state index contributed by atoms with van der Waals surface area (Å²) in [7, 11) is 0. The molecule has 0 bridgehead atoms. The van der Waals surface area contributed by atoms with Gasteiger partial charge in [-0.25, -0.2) is 9.59 Å². The Morgan fingerprint density at radius 2 is 1.46 bits per heavy atom. The minimum atomic E-state index is -0.792. The van der Waals surface area contributed by atoms with E-state index in [4.69, 9.17) is 9.47 Å². The summed E-state index contributed by atoms with van der Waals surface area (Å²) in [6, 6.07) is 20.6. The zero-order chi connectivity index (χ0) is 19.9. The Morgan fingerprint density at radius 1 is 0.821 bits per heavy atom. The zero-order valence-electron chi connectivity index (χ0n) is 14.6. The third-order valence-corrected chi connectivity index (χ3v) is 3.83. The SMILES string of the molecule is O=C(Oc1ccccc1)c1ccc(COC(=O)c2ccccc2[N+](=O)[O-])cc1. The summed E-state index contributed by atoms with van der Waals surface area (Å²) >= 11 is 0. The van der Waals surface area contributed by atoms with Gasteiger partial charge in [-0.3, -0.25) is 10.1 Å². The molecule has 0 aliphatic carbocycles. The average molecular weight is 377 g/mol. The molecule has 0 saturated carbocycles. The fraction of sp³-hybridized carbons (Fsp3) is 0.0476. The van der Waals surface area contributed by atoms with Gasteiger partial charge in [0.15, 0.2) is 0 Å². The van der Waals surface area contributed by atoms with Crippen molar-refractivity contribution in [3.63, 3.8) is 0 Å². The van der Waals surface area contributed by atoms with Crippen molar-refractivity contribution in [2.24, 2.45) is 0 Å². The van der Waals surface area contributed by atoms with Crippen LogP contribution in [0.25, 0.3) is 0 Å². The van der Waals surface area contributed by atoms with Gasteiger partial charge in [0, 0.05) is 6.07 Å². The molecule has 0 unspecified atom stereocenters. The van der Waals surface area contributed by atoms with Crippen molar-refractivity contribution in [2.45, 2.75) is 6.61 Å². The number of rotatable bonds is 6. The van der Waals surface area contributed by atoms with Crippen molar-refractivity contribution in [2.75, 3.05) is 0 Å². The normalized spacial score (nSPS) is 10.1. The molecule has 0 aliphatic heterocycles. The molecule has 140 valence electrons. The van der Waals surface area contributed by atoms with Gasteiger partial charge in [-0.05, 0) is 35.9 Å². The van der Waals surface area contributed by atoms with E-state index in [2.05, 4.69) is 0 Å². The predicted octanol–water partition coefficient (Wildman–Crippen LogP) is 4.17. The molecule has 3 aromatic carbocycles. The van der Waals surface area contributed by atoms with Crippen LogP contribution in [-0.2, 0) is 11.3 Å². The van der Waals surface area contributed by atoms with Crippen LogP contribution in [0.4, 0.5) is 5.69 Å². The maximum absolute atomic E-state index is 12.1. The molecule has 0 spiro atoms. The van der Waals surface area contributed by atoms with E-state index in [1.807, 2.05) is 6.07 Å². The number of para-hydroxylation sites is 2. The number of ether oxygens (including phenoxy) is 2. The van der Waals surface area contributed by atoms with E-state index in [-0.39, 0.29) is 17.9 Å². The lowest BCUT2D eigenvalue weighted by Crippen LogP contribution is -2.09. The van der Waals surface area contributed by atoms with Crippen LogP contribution in [0.2, 0.25) is 0 Å². The second-order valence-electron chi connectivity index (χ2n) is 5.75. The van der Waals surface area contributed by atoms with Gasteiger partial charge in [0.1, 0.15) is 17.9 Å². The minimum Gasteiger partial charge on any atom is -0.457 e. The smallest absolute Gasteiger partial charge is 0.345 e. The molecular weight excluding hydrogens is 362 g/mol. The number of nitro groups is 1. The van der Waals surface area contributed by atoms with Crippen LogP contribution in [0.15, 0.2) is 78.9 Å². The first kappa shape index (κ1) is 18.8. The fourth-order valence-corrected chi connectivity index (χ4v) is 2.42. The molecule has 28 heavy (non-hydrogen) atoms. The van der Waals surface area contributed by atoms with Gasteiger partial charge in [-0.15, -0.1) is 0 Å². The Balaban J connectivity index is 1.61. The summed E-state index contributed by atoms with van der Waals surface area (Å²) in [5, 5.41) is 11.0. The first-order valence-electron chi connectivity index (χ1n) is 8.31. The van der Waals surface area contributed by atoms with Crippen molar-refractivity contribution in [3.05, 3.63) is 106 Å². The number of carbonyl (C=O) groups is 2. The number of benzene rings is 3.